The maximum Gasteiger partial charge on any atom is 0.261 e. The molecule has 1 aliphatic rings. The lowest BCUT2D eigenvalue weighted by Crippen LogP contribution is -2.25. The fourth-order valence-corrected chi connectivity index (χ4v) is 3.15. The van der Waals surface area contributed by atoms with Gasteiger partial charge in [0.05, 0.1) is 19.3 Å². The Kier molecular flexibility index (Phi) is 3.16. The smallest absolute Gasteiger partial charge is 0.261 e. The van der Waals surface area contributed by atoms with E-state index in [9.17, 15) is 8.78 Å². The van der Waals surface area contributed by atoms with Crippen molar-refractivity contribution in [3.05, 3.63) is 34.7 Å². The van der Waals surface area contributed by atoms with Crippen molar-refractivity contribution in [2.24, 2.45) is 0 Å². The molecule has 0 amide bonds. The van der Waals surface area contributed by atoms with E-state index in [1.54, 1.807) is 11.1 Å². The van der Waals surface area contributed by atoms with Gasteiger partial charge >= 0.3 is 0 Å². The molecule has 1 saturated heterocycles. The van der Waals surface area contributed by atoms with Crippen molar-refractivity contribution in [2.75, 3.05) is 13.1 Å². The zero-order valence-corrected chi connectivity index (χ0v) is 13.1. The van der Waals surface area contributed by atoms with Gasteiger partial charge in [0.2, 0.25) is 0 Å². The summed E-state index contributed by atoms with van der Waals surface area (Å²) in [5.74, 6) is -2.06. The van der Waals surface area contributed by atoms with Gasteiger partial charge in [-0.15, -0.1) is 0 Å². The summed E-state index contributed by atoms with van der Waals surface area (Å²) in [6.07, 6.45) is 1.51. The molecule has 0 spiro atoms. The van der Waals surface area contributed by atoms with Crippen LogP contribution in [0.1, 0.15) is 12.2 Å². The predicted molar refractivity (Wildman–Crippen MR) is 81.9 cm³/mol. The van der Waals surface area contributed by atoms with Crippen molar-refractivity contribution < 1.29 is 13.2 Å². The Morgan fingerprint density at radius 1 is 1.32 bits per heavy atom. The third-order valence-corrected chi connectivity index (χ3v) is 4.33. The van der Waals surface area contributed by atoms with Crippen LogP contribution in [-0.2, 0) is 6.54 Å². The molecule has 4 rings (SSSR count). The van der Waals surface area contributed by atoms with Crippen molar-refractivity contribution in [1.29, 1.82) is 0 Å². The summed E-state index contributed by atoms with van der Waals surface area (Å²) in [5.41, 5.74) is 2.05. The van der Waals surface area contributed by atoms with E-state index in [1.165, 1.54) is 0 Å². The summed E-state index contributed by atoms with van der Waals surface area (Å²) < 4.78 is 33.1. The van der Waals surface area contributed by atoms with Crippen molar-refractivity contribution in [2.45, 2.75) is 18.9 Å². The highest BCUT2D eigenvalue weighted by molar-refractivity contribution is 9.10. The van der Waals surface area contributed by atoms with Crippen LogP contribution < -0.4 is 0 Å². The van der Waals surface area contributed by atoms with Gasteiger partial charge < -0.3 is 4.42 Å². The van der Waals surface area contributed by atoms with Gasteiger partial charge in [-0.2, -0.15) is 0 Å². The van der Waals surface area contributed by atoms with Crippen LogP contribution >= 0.6 is 15.9 Å². The van der Waals surface area contributed by atoms with Gasteiger partial charge in [-0.1, -0.05) is 15.9 Å². The Morgan fingerprint density at radius 3 is 2.95 bits per heavy atom. The van der Waals surface area contributed by atoms with Gasteiger partial charge in [-0.25, -0.2) is 18.7 Å². The van der Waals surface area contributed by atoms with Crippen molar-refractivity contribution in [3.8, 4) is 0 Å². The Morgan fingerprint density at radius 2 is 2.18 bits per heavy atom. The van der Waals surface area contributed by atoms with Crippen molar-refractivity contribution in [3.63, 3.8) is 0 Å². The van der Waals surface area contributed by atoms with Crippen LogP contribution in [0.25, 0.3) is 22.1 Å². The number of aromatic nitrogens is 2. The van der Waals surface area contributed by atoms with Gasteiger partial charge in [0.25, 0.3) is 5.92 Å². The molecule has 1 fully saturated rings. The third-order valence-electron chi connectivity index (χ3n) is 3.84. The first-order valence-corrected chi connectivity index (χ1v) is 7.73. The molecule has 4 nitrogen and oxygen atoms in total. The number of rotatable bonds is 2. The van der Waals surface area contributed by atoms with E-state index in [4.69, 9.17) is 4.42 Å². The Labute approximate surface area is 133 Å². The van der Waals surface area contributed by atoms with Gasteiger partial charge in [0.1, 0.15) is 16.9 Å². The zero-order valence-electron chi connectivity index (χ0n) is 11.5. The standard InChI is InChI=1S/C15H12BrF2N3O/c16-9-1-2-11-10(5-9)14-12(22-11)6-19-13(20-14)7-21-4-3-15(17,18)8-21/h1-2,5-6H,3-4,7-8H2. The molecule has 0 atom stereocenters. The van der Waals surface area contributed by atoms with Crippen LogP contribution in [0.2, 0.25) is 0 Å². The van der Waals surface area contributed by atoms with E-state index in [-0.39, 0.29) is 13.0 Å². The number of fused-ring (bicyclic) bond motifs is 3. The first-order chi connectivity index (χ1) is 10.5. The summed E-state index contributed by atoms with van der Waals surface area (Å²) in [7, 11) is 0. The second kappa shape index (κ2) is 4.96. The molecule has 0 saturated carbocycles. The lowest BCUT2D eigenvalue weighted by Gasteiger charge is -2.13. The monoisotopic (exact) mass is 367 g/mol. The number of alkyl halides is 2. The zero-order chi connectivity index (χ0) is 15.3. The first-order valence-electron chi connectivity index (χ1n) is 6.94. The predicted octanol–water partition coefficient (Wildman–Crippen LogP) is 3.98. The van der Waals surface area contributed by atoms with E-state index >= 15 is 0 Å². The minimum Gasteiger partial charge on any atom is -0.453 e. The van der Waals surface area contributed by atoms with Crippen LogP contribution in [-0.4, -0.2) is 33.9 Å². The lowest BCUT2D eigenvalue weighted by atomic mass is 10.2. The number of hydrogen-bond acceptors (Lipinski definition) is 4. The number of halogens is 3. The van der Waals surface area contributed by atoms with E-state index in [0.717, 1.165) is 15.4 Å². The minimum atomic E-state index is -2.60. The summed E-state index contributed by atoms with van der Waals surface area (Å²) >= 11 is 3.43. The van der Waals surface area contributed by atoms with E-state index in [0.29, 0.717) is 30.0 Å². The average molecular weight is 368 g/mol. The second-order valence-electron chi connectivity index (χ2n) is 5.56. The molecule has 114 valence electrons. The number of likely N-dealkylation sites (tertiary alicyclic amines) is 1. The van der Waals surface area contributed by atoms with Crippen LogP contribution in [0.4, 0.5) is 8.78 Å². The molecule has 2 aromatic heterocycles. The van der Waals surface area contributed by atoms with Gasteiger partial charge in [-0.05, 0) is 18.2 Å². The van der Waals surface area contributed by atoms with Crippen LogP contribution in [0.3, 0.4) is 0 Å². The largest absolute Gasteiger partial charge is 0.453 e. The number of hydrogen-bond donors (Lipinski definition) is 0. The molecule has 0 radical (unpaired) electrons. The summed E-state index contributed by atoms with van der Waals surface area (Å²) in [5, 5.41) is 0.889. The van der Waals surface area contributed by atoms with Crippen LogP contribution in [0.5, 0.6) is 0 Å². The molecule has 3 aromatic rings. The molecule has 0 N–H and O–H groups in total. The van der Waals surface area contributed by atoms with Gasteiger partial charge in [0, 0.05) is 22.8 Å². The molecular weight excluding hydrogens is 356 g/mol. The second-order valence-corrected chi connectivity index (χ2v) is 6.47. The lowest BCUT2D eigenvalue weighted by molar-refractivity contribution is 0.0113. The minimum absolute atomic E-state index is 0.100. The Balaban J connectivity index is 1.70. The quantitative estimate of drug-likeness (QED) is 0.686. The SMILES string of the molecule is FC1(F)CCN(Cc2ncc3oc4ccc(Br)cc4c3n2)C1. The average Bonchev–Trinajstić information content (AvgIpc) is 2.99. The first kappa shape index (κ1) is 14.0. The van der Waals surface area contributed by atoms with Gasteiger partial charge in [0.15, 0.2) is 5.58 Å². The molecular formula is C15H12BrF2N3O. The third kappa shape index (κ3) is 2.48. The van der Waals surface area contributed by atoms with Crippen molar-refractivity contribution >= 4 is 38.0 Å². The highest BCUT2D eigenvalue weighted by atomic mass is 79.9. The number of benzene rings is 1. The van der Waals surface area contributed by atoms with E-state index < -0.39 is 5.92 Å². The van der Waals surface area contributed by atoms with Crippen LogP contribution in [0, 0.1) is 0 Å². The normalized spacial score (nSPS) is 18.5. The summed E-state index contributed by atoms with van der Waals surface area (Å²) in [6, 6.07) is 5.69. The fraction of sp³-hybridized carbons (Fsp3) is 0.333. The van der Waals surface area contributed by atoms with Crippen LogP contribution in [0.15, 0.2) is 33.3 Å². The molecule has 1 aliphatic heterocycles. The fourth-order valence-electron chi connectivity index (χ4n) is 2.79. The van der Waals surface area contributed by atoms with E-state index in [2.05, 4.69) is 25.9 Å². The molecule has 0 unspecified atom stereocenters. The number of furan rings is 1. The van der Waals surface area contributed by atoms with E-state index in [1.807, 2.05) is 18.2 Å². The summed E-state index contributed by atoms with van der Waals surface area (Å²) in [6.45, 7) is 0.463. The summed E-state index contributed by atoms with van der Waals surface area (Å²) in [4.78, 5) is 10.4. The number of nitrogens with zero attached hydrogens (tertiary/aromatic N) is 3. The van der Waals surface area contributed by atoms with Crippen molar-refractivity contribution in [1.82, 2.24) is 14.9 Å². The molecule has 0 aliphatic carbocycles. The molecule has 0 bridgehead atoms. The molecule has 22 heavy (non-hydrogen) atoms. The maximum atomic E-state index is 13.3. The maximum absolute atomic E-state index is 13.3. The van der Waals surface area contributed by atoms with Gasteiger partial charge in [-0.3, -0.25) is 4.90 Å². The highest BCUT2D eigenvalue weighted by Crippen LogP contribution is 2.30. The highest BCUT2D eigenvalue weighted by Gasteiger charge is 2.38. The Hall–Kier alpha value is -1.60. The topological polar surface area (TPSA) is 42.2 Å². The molecule has 3 heterocycles. The molecule has 1 aromatic carbocycles. The Bertz CT molecular complexity index is 864. The molecule has 7 heteroatoms.